The van der Waals surface area contributed by atoms with E-state index in [0.29, 0.717) is 27.2 Å². The third-order valence-electron chi connectivity index (χ3n) is 6.83. The Balaban J connectivity index is 1.62. The molecule has 0 radical (unpaired) electrons. The zero-order valence-electron chi connectivity index (χ0n) is 21.8. The Morgan fingerprint density at radius 1 is 1.05 bits per heavy atom. The van der Waals surface area contributed by atoms with E-state index >= 15 is 0 Å². The third kappa shape index (κ3) is 5.45. The van der Waals surface area contributed by atoms with Crippen LogP contribution in [0.4, 0.5) is 11.4 Å². The second kappa shape index (κ2) is 11.2. The number of pyridine rings is 2. The highest BCUT2D eigenvalue weighted by Gasteiger charge is 2.32. The summed E-state index contributed by atoms with van der Waals surface area (Å²) >= 11 is 6.78. The van der Waals surface area contributed by atoms with E-state index in [0.717, 1.165) is 22.5 Å². The molecule has 198 valence electrons. The minimum Gasteiger partial charge on any atom is -0.376 e. The van der Waals surface area contributed by atoms with Gasteiger partial charge < -0.3 is 26.2 Å². The monoisotopic (exact) mass is 540 g/mol. The van der Waals surface area contributed by atoms with Gasteiger partial charge in [-0.3, -0.25) is 9.97 Å². The first-order valence-corrected chi connectivity index (χ1v) is 12.8. The number of hydrogen-bond acceptors (Lipinski definition) is 9. The molecule has 9 nitrogen and oxygen atoms in total. The van der Waals surface area contributed by atoms with Crippen molar-refractivity contribution in [3.63, 3.8) is 0 Å². The van der Waals surface area contributed by atoms with Crippen LogP contribution in [0, 0.1) is 11.3 Å². The molecule has 4 aromatic rings. The Labute approximate surface area is 232 Å². The molecule has 0 aliphatic carbocycles. The molecule has 39 heavy (non-hydrogen) atoms. The van der Waals surface area contributed by atoms with Crippen molar-refractivity contribution in [1.29, 1.82) is 5.26 Å². The van der Waals surface area contributed by atoms with Crippen LogP contribution in [0.5, 0.6) is 0 Å². The van der Waals surface area contributed by atoms with Gasteiger partial charge in [-0.05, 0) is 43.2 Å². The highest BCUT2D eigenvalue weighted by atomic mass is 35.5. The van der Waals surface area contributed by atoms with Crippen LogP contribution in [0.1, 0.15) is 42.6 Å². The molecule has 2 aromatic carbocycles. The van der Waals surface area contributed by atoms with Crippen LogP contribution >= 0.6 is 11.6 Å². The molecule has 5 N–H and O–H groups in total. The first-order valence-electron chi connectivity index (χ1n) is 12.4. The van der Waals surface area contributed by atoms with Gasteiger partial charge in [0.25, 0.3) is 0 Å². The lowest BCUT2D eigenvalue weighted by Crippen LogP contribution is -2.36. The van der Waals surface area contributed by atoms with Crippen LogP contribution in [0.15, 0.2) is 85.1 Å². The molecule has 0 fully saturated rings. The number of ether oxygens (including phenoxy) is 1. The molecule has 1 aliphatic heterocycles. The van der Waals surface area contributed by atoms with Gasteiger partial charge in [0.2, 0.25) is 0 Å². The number of hydrazine groups is 2. The highest BCUT2D eigenvalue weighted by molar-refractivity contribution is 6.35. The maximum atomic E-state index is 10.1. The number of aromatic nitrogens is 2. The first kappa shape index (κ1) is 26.3. The van der Waals surface area contributed by atoms with Gasteiger partial charge in [0.05, 0.1) is 45.2 Å². The van der Waals surface area contributed by atoms with Gasteiger partial charge in [-0.15, -0.1) is 0 Å². The molecule has 0 spiro atoms. The lowest BCUT2D eigenvalue weighted by molar-refractivity contribution is 0.00568. The van der Waals surface area contributed by atoms with Crippen molar-refractivity contribution in [2.24, 2.45) is 0 Å². The summed E-state index contributed by atoms with van der Waals surface area (Å²) in [6.45, 7) is 4.02. The molecule has 2 aromatic heterocycles. The van der Waals surface area contributed by atoms with Gasteiger partial charge in [0, 0.05) is 43.0 Å². The van der Waals surface area contributed by atoms with E-state index in [1.165, 1.54) is 0 Å². The van der Waals surface area contributed by atoms with E-state index < -0.39 is 5.60 Å². The Morgan fingerprint density at radius 3 is 2.51 bits per heavy atom. The van der Waals surface area contributed by atoms with Crippen molar-refractivity contribution in [2.75, 3.05) is 17.7 Å². The topological polar surface area (TPSA) is 119 Å². The van der Waals surface area contributed by atoms with Gasteiger partial charge in [0.1, 0.15) is 6.07 Å². The quantitative estimate of drug-likeness (QED) is 0.191. The van der Waals surface area contributed by atoms with Gasteiger partial charge in [-0.2, -0.15) is 10.8 Å². The average molecular weight is 541 g/mol. The first-order chi connectivity index (χ1) is 18.9. The van der Waals surface area contributed by atoms with Crippen molar-refractivity contribution in [2.45, 2.75) is 31.5 Å². The maximum Gasteiger partial charge on any atom is 0.103 e. The lowest BCUT2D eigenvalue weighted by Gasteiger charge is -2.35. The zero-order chi connectivity index (χ0) is 27.4. The number of anilines is 2. The summed E-state index contributed by atoms with van der Waals surface area (Å²) in [6, 6.07) is 19.4. The fraction of sp³-hybridized carbons (Fsp3) is 0.207. The molecule has 0 amide bonds. The second-order valence-corrected chi connectivity index (χ2v) is 10.1. The molecule has 10 heteroatoms. The number of rotatable bonds is 9. The number of nitrogens with one attached hydrogen (secondary N) is 5. The van der Waals surface area contributed by atoms with Gasteiger partial charge in [-0.25, -0.2) is 0 Å². The Morgan fingerprint density at radius 2 is 1.85 bits per heavy atom. The zero-order valence-corrected chi connectivity index (χ0v) is 22.5. The van der Waals surface area contributed by atoms with Crippen molar-refractivity contribution < 1.29 is 4.74 Å². The van der Waals surface area contributed by atoms with Crippen LogP contribution in [0.25, 0.3) is 10.9 Å². The Hall–Kier alpha value is -4.36. The molecule has 0 saturated carbocycles. The predicted octanol–water partition coefficient (Wildman–Crippen LogP) is 5.34. The third-order valence-corrected chi connectivity index (χ3v) is 7.12. The molecule has 0 saturated heterocycles. The Kier molecular flexibility index (Phi) is 7.52. The molecular formula is C29H29ClN8O. The summed E-state index contributed by atoms with van der Waals surface area (Å²) in [5.41, 5.74) is 13.6. The number of hydrogen-bond donors (Lipinski definition) is 5. The summed E-state index contributed by atoms with van der Waals surface area (Å²) < 4.78 is 5.89. The van der Waals surface area contributed by atoms with Crippen molar-refractivity contribution in [3.05, 3.63) is 107 Å². The number of fused-ring (bicyclic) bond motifs is 1. The van der Waals surface area contributed by atoms with Crippen molar-refractivity contribution >= 4 is 33.9 Å². The molecule has 0 bridgehead atoms. The summed E-state index contributed by atoms with van der Waals surface area (Å²) in [5, 5.41) is 18.4. The van der Waals surface area contributed by atoms with Crippen LogP contribution < -0.4 is 27.0 Å². The number of benzene rings is 2. The number of methoxy groups -OCH3 is 1. The number of halogens is 1. The van der Waals surface area contributed by atoms with Gasteiger partial charge >= 0.3 is 0 Å². The standard InChI is InChI=1S/C29H29ClN8O/c1-29(2,39-3)28(18-8-5-4-6-9-18)36-25-20(14-31)16-33-27-22(25)12-21(13-23(27)30)35-26(24-17-34-38-37-24)19-10-7-11-32-15-19/h4-13,15-17,26,28,34-35,37-38H,1-3H3,(H,33,36)/t26-,28-/m0/s1. The second-order valence-electron chi connectivity index (χ2n) is 9.67. The van der Waals surface area contributed by atoms with E-state index in [1.54, 1.807) is 25.7 Å². The normalized spacial score (nSPS) is 14.5. The highest BCUT2D eigenvalue weighted by Crippen LogP contribution is 2.39. The summed E-state index contributed by atoms with van der Waals surface area (Å²) in [4.78, 5) is 8.81. The fourth-order valence-corrected chi connectivity index (χ4v) is 4.89. The number of nitrogens with zero attached hydrogens (tertiary/aromatic N) is 3. The van der Waals surface area contributed by atoms with Crippen LogP contribution in [-0.2, 0) is 4.74 Å². The lowest BCUT2D eigenvalue weighted by atomic mass is 9.90. The summed E-state index contributed by atoms with van der Waals surface area (Å²) in [5.74, 6) is 0. The van der Waals surface area contributed by atoms with Gasteiger partial charge in [-0.1, -0.05) is 48.0 Å². The Bertz CT molecular complexity index is 1540. The molecular weight excluding hydrogens is 512 g/mol. The molecule has 3 heterocycles. The van der Waals surface area contributed by atoms with E-state index in [2.05, 4.69) is 43.1 Å². The summed E-state index contributed by atoms with van der Waals surface area (Å²) in [6.07, 6.45) is 6.93. The van der Waals surface area contributed by atoms with E-state index in [9.17, 15) is 5.26 Å². The van der Waals surface area contributed by atoms with Crippen LogP contribution in [-0.4, -0.2) is 22.7 Å². The molecule has 2 atom stereocenters. The molecule has 0 unspecified atom stereocenters. The largest absolute Gasteiger partial charge is 0.376 e. The van der Waals surface area contributed by atoms with Crippen LogP contribution in [0.3, 0.4) is 0 Å². The minimum atomic E-state index is -0.602. The number of nitriles is 1. The SMILES string of the molecule is COC(C)(C)[C@@H](Nc1c(C#N)cnc2c(Cl)cc(N[C@H](C3=CNNN3)c3cccnc3)cc12)c1ccccc1. The molecule has 5 rings (SSSR count). The average Bonchev–Trinajstić information content (AvgIpc) is 3.50. The van der Waals surface area contributed by atoms with E-state index in [-0.39, 0.29) is 12.1 Å². The minimum absolute atomic E-state index is 0.261. The smallest absolute Gasteiger partial charge is 0.103 e. The van der Waals surface area contributed by atoms with E-state index in [1.807, 2.05) is 74.6 Å². The van der Waals surface area contributed by atoms with Crippen molar-refractivity contribution in [3.8, 4) is 6.07 Å². The van der Waals surface area contributed by atoms with Gasteiger partial charge in [0.15, 0.2) is 0 Å². The van der Waals surface area contributed by atoms with E-state index in [4.69, 9.17) is 16.3 Å². The maximum absolute atomic E-state index is 10.1. The summed E-state index contributed by atoms with van der Waals surface area (Å²) in [7, 11) is 1.68. The van der Waals surface area contributed by atoms with Crippen LogP contribution in [0.2, 0.25) is 5.02 Å². The molecule has 1 aliphatic rings. The predicted molar refractivity (Wildman–Crippen MR) is 153 cm³/mol. The fourth-order valence-electron chi connectivity index (χ4n) is 4.62. The van der Waals surface area contributed by atoms with Crippen molar-refractivity contribution in [1.82, 2.24) is 26.4 Å².